The second kappa shape index (κ2) is 4.70. The average molecular weight is 263 g/mol. The number of aromatic nitrogens is 3. The molecule has 1 aliphatic rings. The van der Waals surface area contributed by atoms with Gasteiger partial charge in [-0.3, -0.25) is 5.43 Å². The minimum absolute atomic E-state index is 0.761. The number of fused-ring (bicyclic) bond motifs is 1. The SMILES string of the molecule is Cc1nc2c(n1Cc1cnc(NN)s1)CCCC2. The molecule has 0 atom stereocenters. The summed E-state index contributed by atoms with van der Waals surface area (Å²) < 4.78 is 2.32. The predicted molar refractivity (Wildman–Crippen MR) is 72.6 cm³/mol. The van der Waals surface area contributed by atoms with Crippen molar-refractivity contribution in [1.29, 1.82) is 0 Å². The Balaban J connectivity index is 1.90. The fraction of sp³-hybridized carbons (Fsp3) is 0.500. The number of hydrazine groups is 1. The lowest BCUT2D eigenvalue weighted by Crippen LogP contribution is -2.09. The number of nitrogens with one attached hydrogen (secondary N) is 1. The third kappa shape index (κ3) is 2.02. The molecular formula is C12H17N5S. The van der Waals surface area contributed by atoms with Crippen molar-refractivity contribution in [1.82, 2.24) is 14.5 Å². The zero-order valence-electron chi connectivity index (χ0n) is 10.4. The largest absolute Gasteiger partial charge is 0.327 e. The number of nitrogens with two attached hydrogens (primary N) is 1. The van der Waals surface area contributed by atoms with Gasteiger partial charge >= 0.3 is 0 Å². The number of rotatable bonds is 3. The highest BCUT2D eigenvalue weighted by Crippen LogP contribution is 2.25. The molecule has 0 aromatic carbocycles. The molecule has 2 aromatic rings. The average Bonchev–Trinajstić information content (AvgIpc) is 2.96. The Kier molecular flexibility index (Phi) is 3.05. The van der Waals surface area contributed by atoms with Crippen LogP contribution in [0.25, 0.3) is 0 Å². The molecule has 3 rings (SSSR count). The van der Waals surface area contributed by atoms with Gasteiger partial charge in [-0.15, -0.1) is 0 Å². The smallest absolute Gasteiger partial charge is 0.197 e. The third-order valence-electron chi connectivity index (χ3n) is 3.41. The van der Waals surface area contributed by atoms with Crippen molar-refractivity contribution in [3.05, 3.63) is 28.3 Å². The summed E-state index contributed by atoms with van der Waals surface area (Å²) in [6.07, 6.45) is 6.70. The topological polar surface area (TPSA) is 68.8 Å². The predicted octanol–water partition coefficient (Wildman–Crippen LogP) is 1.86. The van der Waals surface area contributed by atoms with E-state index in [0.717, 1.165) is 30.3 Å². The fourth-order valence-corrected chi connectivity index (χ4v) is 3.26. The van der Waals surface area contributed by atoms with Crippen LogP contribution in [-0.2, 0) is 19.4 Å². The van der Waals surface area contributed by atoms with Gasteiger partial charge in [0, 0.05) is 16.8 Å². The number of imidazole rings is 1. The first-order valence-corrected chi connectivity index (χ1v) is 7.06. The molecule has 0 spiro atoms. The van der Waals surface area contributed by atoms with Gasteiger partial charge in [-0.1, -0.05) is 11.3 Å². The molecule has 0 saturated heterocycles. The van der Waals surface area contributed by atoms with Crippen LogP contribution in [0.5, 0.6) is 0 Å². The van der Waals surface area contributed by atoms with Crippen molar-refractivity contribution < 1.29 is 0 Å². The van der Waals surface area contributed by atoms with Gasteiger partial charge < -0.3 is 4.57 Å². The van der Waals surface area contributed by atoms with Gasteiger partial charge in [0.15, 0.2) is 5.13 Å². The molecule has 1 aliphatic carbocycles. The maximum atomic E-state index is 5.36. The third-order valence-corrected chi connectivity index (χ3v) is 4.33. The van der Waals surface area contributed by atoms with E-state index < -0.39 is 0 Å². The van der Waals surface area contributed by atoms with Crippen LogP contribution in [-0.4, -0.2) is 14.5 Å². The standard InChI is InChI=1S/C12H17N5S/c1-8-15-10-4-2-3-5-11(10)17(8)7-9-6-14-12(16-13)18-9/h6H,2-5,7,13H2,1H3,(H,14,16). The molecule has 6 heteroatoms. The second-order valence-corrected chi connectivity index (χ2v) is 5.74. The van der Waals surface area contributed by atoms with Crippen LogP contribution in [0.4, 0.5) is 5.13 Å². The molecule has 0 unspecified atom stereocenters. The Labute approximate surface area is 110 Å². The van der Waals surface area contributed by atoms with E-state index in [1.807, 2.05) is 6.20 Å². The van der Waals surface area contributed by atoms with Gasteiger partial charge in [-0.05, 0) is 32.6 Å². The number of anilines is 1. The summed E-state index contributed by atoms with van der Waals surface area (Å²) in [7, 11) is 0. The monoisotopic (exact) mass is 263 g/mol. The Bertz CT molecular complexity index is 557. The van der Waals surface area contributed by atoms with E-state index in [-0.39, 0.29) is 0 Å². The van der Waals surface area contributed by atoms with E-state index in [4.69, 9.17) is 5.84 Å². The van der Waals surface area contributed by atoms with Crippen molar-refractivity contribution in [3.8, 4) is 0 Å². The molecule has 0 bridgehead atoms. The summed E-state index contributed by atoms with van der Waals surface area (Å²) in [4.78, 5) is 10.1. The number of nitrogen functional groups attached to an aromatic ring is 1. The lowest BCUT2D eigenvalue weighted by Gasteiger charge is -2.13. The zero-order chi connectivity index (χ0) is 12.5. The molecule has 0 fully saturated rings. The van der Waals surface area contributed by atoms with Gasteiger partial charge in [-0.25, -0.2) is 15.8 Å². The van der Waals surface area contributed by atoms with Crippen molar-refractivity contribution >= 4 is 16.5 Å². The van der Waals surface area contributed by atoms with Crippen LogP contribution < -0.4 is 11.3 Å². The highest BCUT2D eigenvalue weighted by molar-refractivity contribution is 7.15. The summed E-state index contributed by atoms with van der Waals surface area (Å²) in [5.74, 6) is 6.46. The molecular weight excluding hydrogens is 246 g/mol. The molecule has 0 aliphatic heterocycles. The molecule has 3 N–H and O–H groups in total. The van der Waals surface area contributed by atoms with Gasteiger partial charge in [0.2, 0.25) is 0 Å². The molecule has 18 heavy (non-hydrogen) atoms. The van der Waals surface area contributed by atoms with E-state index in [1.54, 1.807) is 11.3 Å². The number of aryl methyl sites for hydroxylation is 2. The maximum absolute atomic E-state index is 5.36. The Morgan fingerprint density at radius 2 is 2.28 bits per heavy atom. The molecule has 5 nitrogen and oxygen atoms in total. The first kappa shape index (κ1) is 11.7. The number of hydrogen-bond acceptors (Lipinski definition) is 5. The summed E-state index contributed by atoms with van der Waals surface area (Å²) in [5.41, 5.74) is 5.29. The quantitative estimate of drug-likeness (QED) is 0.655. The molecule has 0 saturated carbocycles. The van der Waals surface area contributed by atoms with Crippen LogP contribution in [0.2, 0.25) is 0 Å². The lowest BCUT2D eigenvalue weighted by molar-refractivity contribution is 0.626. The normalized spacial score (nSPS) is 14.6. The van der Waals surface area contributed by atoms with Gasteiger partial charge in [-0.2, -0.15) is 0 Å². The molecule has 0 amide bonds. The molecule has 0 radical (unpaired) electrons. The van der Waals surface area contributed by atoms with Crippen LogP contribution in [0.1, 0.15) is 34.9 Å². The first-order chi connectivity index (χ1) is 8.78. The summed E-state index contributed by atoms with van der Waals surface area (Å²) in [6.45, 7) is 2.94. The number of hydrogen-bond donors (Lipinski definition) is 2. The number of nitrogens with zero attached hydrogens (tertiary/aromatic N) is 3. The van der Waals surface area contributed by atoms with Crippen molar-refractivity contribution in [2.75, 3.05) is 5.43 Å². The fourth-order valence-electron chi connectivity index (χ4n) is 2.55. The van der Waals surface area contributed by atoms with Crippen molar-refractivity contribution in [3.63, 3.8) is 0 Å². The minimum atomic E-state index is 0.761. The van der Waals surface area contributed by atoms with Gasteiger partial charge in [0.25, 0.3) is 0 Å². The van der Waals surface area contributed by atoms with E-state index in [9.17, 15) is 0 Å². The highest BCUT2D eigenvalue weighted by atomic mass is 32.1. The van der Waals surface area contributed by atoms with E-state index >= 15 is 0 Å². The van der Waals surface area contributed by atoms with Crippen molar-refractivity contribution in [2.45, 2.75) is 39.2 Å². The summed E-state index contributed by atoms with van der Waals surface area (Å²) in [5, 5.41) is 0.761. The van der Waals surface area contributed by atoms with Gasteiger partial charge in [0.1, 0.15) is 5.82 Å². The summed E-state index contributed by atoms with van der Waals surface area (Å²) in [6, 6.07) is 0. The molecule has 96 valence electrons. The maximum Gasteiger partial charge on any atom is 0.197 e. The van der Waals surface area contributed by atoms with E-state index in [2.05, 4.69) is 26.9 Å². The van der Waals surface area contributed by atoms with Crippen LogP contribution >= 0.6 is 11.3 Å². The van der Waals surface area contributed by atoms with Crippen LogP contribution in [0.15, 0.2) is 6.20 Å². The van der Waals surface area contributed by atoms with Gasteiger partial charge in [0.05, 0.1) is 12.2 Å². The second-order valence-electron chi connectivity index (χ2n) is 4.62. The lowest BCUT2D eigenvalue weighted by atomic mass is 10.0. The highest BCUT2D eigenvalue weighted by Gasteiger charge is 2.18. The van der Waals surface area contributed by atoms with Crippen LogP contribution in [0.3, 0.4) is 0 Å². The molecule has 2 aromatic heterocycles. The number of thiazole rings is 1. The van der Waals surface area contributed by atoms with E-state index in [1.165, 1.54) is 29.1 Å². The minimum Gasteiger partial charge on any atom is -0.327 e. The Morgan fingerprint density at radius 3 is 3.06 bits per heavy atom. The zero-order valence-corrected chi connectivity index (χ0v) is 11.3. The Hall–Kier alpha value is -1.40. The van der Waals surface area contributed by atoms with Crippen molar-refractivity contribution in [2.24, 2.45) is 5.84 Å². The summed E-state index contributed by atoms with van der Waals surface area (Å²) >= 11 is 1.59. The molecule has 2 heterocycles. The first-order valence-electron chi connectivity index (χ1n) is 6.24. The van der Waals surface area contributed by atoms with Crippen LogP contribution in [0, 0.1) is 6.92 Å². The van der Waals surface area contributed by atoms with E-state index in [0.29, 0.717) is 0 Å². The Morgan fingerprint density at radius 1 is 1.44 bits per heavy atom.